The molecule has 112 valence electrons. The number of halogens is 1. The number of hydrogen-bond acceptors (Lipinski definition) is 2. The third-order valence-electron chi connectivity index (χ3n) is 3.47. The Morgan fingerprint density at radius 3 is 2.43 bits per heavy atom. The lowest BCUT2D eigenvalue weighted by Crippen LogP contribution is -2.22. The summed E-state index contributed by atoms with van der Waals surface area (Å²) in [5.41, 5.74) is 3.76. The molecule has 0 radical (unpaired) electrons. The van der Waals surface area contributed by atoms with Crippen LogP contribution in [0.25, 0.3) is 0 Å². The van der Waals surface area contributed by atoms with Crippen LogP contribution in [0.2, 0.25) is 0 Å². The standard InChI is InChI=1S/C18H22BrNO/c1-4-20-18(16-8-6-7-13(3)17(16)19)14-9-11-15(12-10-14)21-5-2/h6-12,18,20H,4-5H2,1-3H3. The van der Waals surface area contributed by atoms with Gasteiger partial charge in [0.1, 0.15) is 5.75 Å². The summed E-state index contributed by atoms with van der Waals surface area (Å²) in [4.78, 5) is 0. The van der Waals surface area contributed by atoms with E-state index in [1.54, 1.807) is 0 Å². The van der Waals surface area contributed by atoms with E-state index >= 15 is 0 Å². The maximum atomic E-state index is 5.52. The Balaban J connectivity index is 2.36. The summed E-state index contributed by atoms with van der Waals surface area (Å²) in [6.45, 7) is 7.86. The van der Waals surface area contributed by atoms with E-state index < -0.39 is 0 Å². The molecule has 0 aliphatic carbocycles. The summed E-state index contributed by atoms with van der Waals surface area (Å²) in [6.07, 6.45) is 0. The molecule has 0 spiro atoms. The molecule has 2 aromatic carbocycles. The van der Waals surface area contributed by atoms with E-state index in [0.29, 0.717) is 6.61 Å². The van der Waals surface area contributed by atoms with Gasteiger partial charge in [0.05, 0.1) is 12.6 Å². The van der Waals surface area contributed by atoms with Gasteiger partial charge < -0.3 is 10.1 Å². The van der Waals surface area contributed by atoms with Gasteiger partial charge in [-0.05, 0) is 49.2 Å². The third-order valence-corrected chi connectivity index (χ3v) is 4.55. The van der Waals surface area contributed by atoms with Gasteiger partial charge in [-0.15, -0.1) is 0 Å². The van der Waals surface area contributed by atoms with Gasteiger partial charge in [-0.25, -0.2) is 0 Å². The number of aryl methyl sites for hydroxylation is 1. The Kier molecular flexibility index (Phi) is 5.83. The van der Waals surface area contributed by atoms with Crippen molar-refractivity contribution in [2.24, 2.45) is 0 Å². The highest BCUT2D eigenvalue weighted by Crippen LogP contribution is 2.31. The number of benzene rings is 2. The van der Waals surface area contributed by atoms with Crippen LogP contribution in [0, 0.1) is 6.92 Å². The van der Waals surface area contributed by atoms with Crippen LogP contribution in [0.3, 0.4) is 0 Å². The summed E-state index contributed by atoms with van der Waals surface area (Å²) in [5, 5.41) is 3.56. The molecular formula is C18H22BrNO. The van der Waals surface area contributed by atoms with Crippen LogP contribution in [0.1, 0.15) is 36.6 Å². The van der Waals surface area contributed by atoms with Crippen LogP contribution in [0.4, 0.5) is 0 Å². The Morgan fingerprint density at radius 1 is 1.10 bits per heavy atom. The third kappa shape index (κ3) is 3.86. The molecule has 2 rings (SSSR count). The van der Waals surface area contributed by atoms with Crippen molar-refractivity contribution in [2.45, 2.75) is 26.8 Å². The van der Waals surface area contributed by atoms with E-state index in [1.807, 2.05) is 19.1 Å². The fourth-order valence-corrected chi connectivity index (χ4v) is 2.92. The van der Waals surface area contributed by atoms with Crippen molar-refractivity contribution in [1.29, 1.82) is 0 Å². The molecule has 0 bridgehead atoms. The molecule has 2 aromatic rings. The zero-order valence-electron chi connectivity index (χ0n) is 12.8. The summed E-state index contributed by atoms with van der Waals surface area (Å²) >= 11 is 3.72. The van der Waals surface area contributed by atoms with Crippen LogP contribution in [-0.4, -0.2) is 13.2 Å². The molecule has 0 aromatic heterocycles. The number of rotatable bonds is 6. The number of nitrogens with one attached hydrogen (secondary N) is 1. The van der Waals surface area contributed by atoms with Gasteiger partial charge in [-0.1, -0.05) is 53.2 Å². The first-order chi connectivity index (χ1) is 10.2. The predicted molar refractivity (Wildman–Crippen MR) is 92.0 cm³/mol. The van der Waals surface area contributed by atoms with Crippen LogP contribution >= 0.6 is 15.9 Å². The van der Waals surface area contributed by atoms with Crippen molar-refractivity contribution < 1.29 is 4.74 Å². The molecule has 1 unspecified atom stereocenters. The normalized spacial score (nSPS) is 12.2. The SMILES string of the molecule is CCNC(c1ccc(OCC)cc1)c1cccc(C)c1Br. The lowest BCUT2D eigenvalue weighted by atomic mass is 9.97. The van der Waals surface area contributed by atoms with E-state index in [1.165, 1.54) is 21.2 Å². The average molecular weight is 348 g/mol. The highest BCUT2D eigenvalue weighted by atomic mass is 79.9. The second kappa shape index (κ2) is 7.62. The molecule has 1 atom stereocenters. The molecular weight excluding hydrogens is 326 g/mol. The van der Waals surface area contributed by atoms with Gasteiger partial charge in [0.2, 0.25) is 0 Å². The molecule has 3 heteroatoms. The van der Waals surface area contributed by atoms with Crippen LogP contribution in [0.15, 0.2) is 46.9 Å². The predicted octanol–water partition coefficient (Wildman–Crippen LogP) is 4.86. The van der Waals surface area contributed by atoms with Crippen LogP contribution < -0.4 is 10.1 Å². The van der Waals surface area contributed by atoms with Crippen molar-refractivity contribution in [2.75, 3.05) is 13.2 Å². The fraction of sp³-hybridized carbons (Fsp3) is 0.333. The average Bonchev–Trinajstić information content (AvgIpc) is 2.49. The van der Waals surface area contributed by atoms with Gasteiger partial charge in [-0.2, -0.15) is 0 Å². The zero-order valence-corrected chi connectivity index (χ0v) is 14.4. The first-order valence-corrected chi connectivity index (χ1v) is 8.17. The van der Waals surface area contributed by atoms with Gasteiger partial charge in [0.15, 0.2) is 0 Å². The first-order valence-electron chi connectivity index (χ1n) is 7.38. The van der Waals surface area contributed by atoms with Crippen molar-refractivity contribution >= 4 is 15.9 Å². The summed E-state index contributed by atoms with van der Waals surface area (Å²) < 4.78 is 6.69. The first kappa shape index (κ1) is 16.1. The fourth-order valence-electron chi connectivity index (χ4n) is 2.43. The molecule has 0 amide bonds. The Hall–Kier alpha value is -1.32. The highest BCUT2D eigenvalue weighted by molar-refractivity contribution is 9.10. The minimum absolute atomic E-state index is 0.181. The van der Waals surface area contributed by atoms with Gasteiger partial charge in [-0.3, -0.25) is 0 Å². The van der Waals surface area contributed by atoms with E-state index in [-0.39, 0.29) is 6.04 Å². The molecule has 1 N–H and O–H groups in total. The molecule has 2 nitrogen and oxygen atoms in total. The zero-order chi connectivity index (χ0) is 15.2. The van der Waals surface area contributed by atoms with Crippen LogP contribution in [0.5, 0.6) is 5.75 Å². The smallest absolute Gasteiger partial charge is 0.119 e. The van der Waals surface area contributed by atoms with E-state index in [2.05, 4.69) is 65.4 Å². The quantitative estimate of drug-likeness (QED) is 0.805. The lowest BCUT2D eigenvalue weighted by Gasteiger charge is -2.21. The Morgan fingerprint density at radius 2 is 1.81 bits per heavy atom. The summed E-state index contributed by atoms with van der Waals surface area (Å²) in [7, 11) is 0. The van der Waals surface area contributed by atoms with Crippen molar-refractivity contribution in [3.05, 3.63) is 63.6 Å². The molecule has 0 saturated carbocycles. The molecule has 0 aliphatic rings. The minimum Gasteiger partial charge on any atom is -0.494 e. The topological polar surface area (TPSA) is 21.3 Å². The second-order valence-electron chi connectivity index (χ2n) is 4.97. The molecule has 21 heavy (non-hydrogen) atoms. The van der Waals surface area contributed by atoms with E-state index in [0.717, 1.165) is 12.3 Å². The van der Waals surface area contributed by atoms with Gasteiger partial charge in [0.25, 0.3) is 0 Å². The van der Waals surface area contributed by atoms with Crippen LogP contribution in [-0.2, 0) is 0 Å². The maximum absolute atomic E-state index is 5.52. The lowest BCUT2D eigenvalue weighted by molar-refractivity contribution is 0.340. The summed E-state index contributed by atoms with van der Waals surface area (Å²) in [6, 6.07) is 14.9. The minimum atomic E-state index is 0.181. The van der Waals surface area contributed by atoms with Crippen molar-refractivity contribution in [3.8, 4) is 5.75 Å². The highest BCUT2D eigenvalue weighted by Gasteiger charge is 2.16. The van der Waals surface area contributed by atoms with Crippen molar-refractivity contribution in [3.63, 3.8) is 0 Å². The van der Waals surface area contributed by atoms with Crippen molar-refractivity contribution in [1.82, 2.24) is 5.32 Å². The molecule has 0 saturated heterocycles. The molecule has 0 fully saturated rings. The Labute approximate surface area is 135 Å². The number of hydrogen-bond donors (Lipinski definition) is 1. The second-order valence-corrected chi connectivity index (χ2v) is 5.76. The van der Waals surface area contributed by atoms with Gasteiger partial charge in [0, 0.05) is 4.47 Å². The van der Waals surface area contributed by atoms with Gasteiger partial charge >= 0.3 is 0 Å². The number of ether oxygens (including phenoxy) is 1. The van der Waals surface area contributed by atoms with E-state index in [9.17, 15) is 0 Å². The monoisotopic (exact) mass is 347 g/mol. The maximum Gasteiger partial charge on any atom is 0.119 e. The molecule has 0 aliphatic heterocycles. The summed E-state index contributed by atoms with van der Waals surface area (Å²) in [5.74, 6) is 0.916. The Bertz CT molecular complexity index is 580. The van der Waals surface area contributed by atoms with E-state index in [4.69, 9.17) is 4.74 Å². The molecule has 0 heterocycles. The largest absolute Gasteiger partial charge is 0.494 e.